The number of quaternary nitrogens is 1. The molecule has 192 valence electrons. The maximum absolute atomic E-state index is 3.88. The molecule has 0 aliphatic carbocycles. The van der Waals surface area contributed by atoms with Crippen LogP contribution in [0.25, 0.3) is 0 Å². The summed E-state index contributed by atoms with van der Waals surface area (Å²) in [5.41, 5.74) is 12.9. The molecule has 38 heavy (non-hydrogen) atoms. The zero-order chi connectivity index (χ0) is 27.3. The number of aryl methyl sites for hydroxylation is 5. The smallest absolute Gasteiger partial charge is 0.266 e. The summed E-state index contributed by atoms with van der Waals surface area (Å²) in [5.74, 6) is 0. The van der Waals surface area contributed by atoms with Crippen molar-refractivity contribution < 1.29 is 5.73 Å². The molecule has 0 unspecified atom stereocenters. The van der Waals surface area contributed by atoms with Crippen molar-refractivity contribution in [2.75, 3.05) is 0 Å². The molecule has 0 saturated heterocycles. The third-order valence-corrected chi connectivity index (χ3v) is 13.6. The van der Waals surface area contributed by atoms with Gasteiger partial charge in [-0.15, -0.1) is 48.5 Å². The lowest BCUT2D eigenvalue weighted by Crippen LogP contribution is -2.74. The summed E-state index contributed by atoms with van der Waals surface area (Å²) in [7, 11) is 0. The Labute approximate surface area is 231 Å². The van der Waals surface area contributed by atoms with E-state index in [2.05, 4.69) is 150 Å². The van der Waals surface area contributed by atoms with Crippen LogP contribution < -0.4 is 23.4 Å². The Hall–Kier alpha value is -3.41. The van der Waals surface area contributed by atoms with Gasteiger partial charge in [0.25, 0.3) is 13.1 Å². The van der Waals surface area contributed by atoms with Gasteiger partial charge in [-0.25, -0.2) is 17.7 Å². The molecule has 0 radical (unpaired) electrons. The lowest BCUT2D eigenvalue weighted by atomic mass is 10.1. The minimum absolute atomic E-state index is 1.13. The lowest BCUT2D eigenvalue weighted by Gasteiger charge is -2.41. The molecule has 0 amide bonds. The lowest BCUT2D eigenvalue weighted by molar-refractivity contribution is -0.255. The zero-order valence-electron chi connectivity index (χ0n) is 23.8. The zero-order valence-corrected chi connectivity index (χ0v) is 24.9. The van der Waals surface area contributed by atoms with E-state index in [0.29, 0.717) is 0 Å². The van der Waals surface area contributed by atoms with Crippen LogP contribution in [0.2, 0.25) is 0 Å². The van der Waals surface area contributed by atoms with Gasteiger partial charge in [0.1, 0.15) is 5.69 Å². The fraction of sp³-hybridized carbons (Fsp3) is 0.167. The Balaban J connectivity index is 0.000000317. The SMILES string of the molecule is Cc1cc[c]([Al-]([c]2ccc(C)cc2)([c]2ccc(C)cc2)[c]2ccc(C)cc2)cc1.Cc1cccc([NH3+])c1C. The van der Waals surface area contributed by atoms with Crippen molar-refractivity contribution in [3.63, 3.8) is 0 Å². The summed E-state index contributed by atoms with van der Waals surface area (Å²) >= 11 is -2.80. The van der Waals surface area contributed by atoms with Crippen LogP contribution in [0.15, 0.2) is 115 Å². The second kappa shape index (κ2) is 12.0. The van der Waals surface area contributed by atoms with Gasteiger partial charge in [-0.1, -0.05) is 82.9 Å². The third-order valence-electron chi connectivity index (χ3n) is 8.03. The van der Waals surface area contributed by atoms with Crippen LogP contribution in [0.5, 0.6) is 0 Å². The molecule has 3 N–H and O–H groups in total. The molecule has 0 spiro atoms. The average Bonchev–Trinajstić information content (AvgIpc) is 2.92. The maximum atomic E-state index is 3.88. The fourth-order valence-corrected chi connectivity index (χ4v) is 10.8. The van der Waals surface area contributed by atoms with Crippen molar-refractivity contribution in [3.8, 4) is 0 Å². The van der Waals surface area contributed by atoms with Crippen molar-refractivity contribution in [2.24, 2.45) is 0 Å². The van der Waals surface area contributed by atoms with Crippen molar-refractivity contribution in [1.29, 1.82) is 0 Å². The summed E-state index contributed by atoms with van der Waals surface area (Å²) in [4.78, 5) is 0. The molecule has 2 heteroatoms. The van der Waals surface area contributed by atoms with Crippen LogP contribution in [-0.2, 0) is 0 Å². The van der Waals surface area contributed by atoms with Crippen LogP contribution in [0.1, 0.15) is 33.4 Å². The van der Waals surface area contributed by atoms with Gasteiger partial charge in [0, 0.05) is 5.56 Å². The highest BCUT2D eigenvalue weighted by Gasteiger charge is 2.36. The second-order valence-corrected chi connectivity index (χ2v) is 15.3. The normalized spacial score (nSPS) is 11.0. The van der Waals surface area contributed by atoms with E-state index in [1.807, 2.05) is 12.1 Å². The van der Waals surface area contributed by atoms with Crippen molar-refractivity contribution in [3.05, 3.63) is 149 Å². The molecule has 0 atom stereocenters. The average molecular weight is 514 g/mol. The van der Waals surface area contributed by atoms with Crippen molar-refractivity contribution in [1.82, 2.24) is 0 Å². The van der Waals surface area contributed by atoms with Crippen LogP contribution in [-0.4, -0.2) is 13.1 Å². The molecule has 0 aromatic heterocycles. The molecule has 0 heterocycles. The Morgan fingerprint density at radius 1 is 0.395 bits per heavy atom. The van der Waals surface area contributed by atoms with Crippen LogP contribution in [0, 0.1) is 41.5 Å². The van der Waals surface area contributed by atoms with Crippen LogP contribution in [0.3, 0.4) is 0 Å². The van der Waals surface area contributed by atoms with E-state index in [9.17, 15) is 0 Å². The van der Waals surface area contributed by atoms with Crippen molar-refractivity contribution >= 4 is 36.5 Å². The minimum Gasteiger partial charge on any atom is -0.325 e. The van der Waals surface area contributed by atoms with Gasteiger partial charge in [-0.3, -0.25) is 0 Å². The van der Waals surface area contributed by atoms with E-state index < -0.39 is 13.1 Å². The first-order valence-electron chi connectivity index (χ1n) is 13.5. The Morgan fingerprint density at radius 2 is 0.684 bits per heavy atom. The van der Waals surface area contributed by atoms with Gasteiger partial charge in [0.05, 0.1) is 0 Å². The quantitative estimate of drug-likeness (QED) is 0.309. The summed E-state index contributed by atoms with van der Waals surface area (Å²) in [6, 6.07) is 43.2. The van der Waals surface area contributed by atoms with E-state index in [1.54, 1.807) is 0 Å². The first-order valence-corrected chi connectivity index (χ1v) is 15.8. The largest absolute Gasteiger partial charge is 0.325 e. The molecule has 0 aliphatic rings. The van der Waals surface area contributed by atoms with Gasteiger partial charge < -0.3 is 5.73 Å². The molecular formula is C36H40AlN. The van der Waals surface area contributed by atoms with Gasteiger partial charge in [0.2, 0.25) is 0 Å². The summed E-state index contributed by atoms with van der Waals surface area (Å²) in [6.45, 7) is 12.9. The van der Waals surface area contributed by atoms with Gasteiger partial charge in [0.15, 0.2) is 0 Å². The molecule has 5 aromatic carbocycles. The predicted octanol–water partition coefficient (Wildman–Crippen LogP) is 5.47. The van der Waals surface area contributed by atoms with Gasteiger partial charge in [-0.05, 0) is 53.2 Å². The molecule has 1 nitrogen and oxygen atoms in total. The van der Waals surface area contributed by atoms with E-state index in [4.69, 9.17) is 0 Å². The van der Waals surface area contributed by atoms with E-state index >= 15 is 0 Å². The van der Waals surface area contributed by atoms with E-state index in [1.165, 1.54) is 51.1 Å². The van der Waals surface area contributed by atoms with Gasteiger partial charge >= 0.3 is 0 Å². The topological polar surface area (TPSA) is 27.6 Å². The highest BCUT2D eigenvalue weighted by atomic mass is 27.2. The summed E-state index contributed by atoms with van der Waals surface area (Å²) in [6.07, 6.45) is 0. The standard InChI is InChI=1S/C8H11N.4C7H7.Al/c1-6-4-3-5-8(9)7(6)2;4*1-7-5-3-2-4-6-7;/h3-5H,9H2,1-2H3;4*3-6H,1H3;/q;;;;;-1/p+1. The number of hydrogen-bond donors (Lipinski definition) is 1. The van der Waals surface area contributed by atoms with Crippen LogP contribution >= 0.6 is 0 Å². The van der Waals surface area contributed by atoms with E-state index in [-0.39, 0.29) is 0 Å². The number of rotatable bonds is 4. The van der Waals surface area contributed by atoms with Crippen molar-refractivity contribution in [2.45, 2.75) is 41.5 Å². The molecular weight excluding hydrogens is 473 g/mol. The first-order chi connectivity index (χ1) is 18.2. The maximum Gasteiger partial charge on any atom is 0.266 e. The summed E-state index contributed by atoms with van der Waals surface area (Å²) in [5, 5.41) is 0. The fourth-order valence-electron chi connectivity index (χ4n) is 5.39. The Bertz CT molecular complexity index is 1270. The molecule has 0 fully saturated rings. The number of hydrogen-bond acceptors (Lipinski definition) is 0. The molecule has 0 bridgehead atoms. The predicted molar refractivity (Wildman–Crippen MR) is 167 cm³/mol. The first kappa shape index (κ1) is 27.6. The summed E-state index contributed by atoms with van der Waals surface area (Å²) < 4.78 is 5.83. The molecule has 5 aromatic rings. The monoisotopic (exact) mass is 513 g/mol. The highest BCUT2D eigenvalue weighted by Crippen LogP contribution is 2.13. The third kappa shape index (κ3) is 5.85. The molecule has 0 aliphatic heterocycles. The Morgan fingerprint density at radius 3 is 0.921 bits per heavy atom. The highest BCUT2D eigenvalue weighted by molar-refractivity contribution is 7.19. The van der Waals surface area contributed by atoms with E-state index in [0.717, 1.165) is 5.69 Å². The number of benzene rings is 5. The Kier molecular flexibility index (Phi) is 8.70. The second-order valence-electron chi connectivity index (χ2n) is 10.9. The molecule has 5 rings (SSSR count). The van der Waals surface area contributed by atoms with Crippen LogP contribution in [0.4, 0.5) is 5.69 Å². The molecule has 0 saturated carbocycles. The minimum atomic E-state index is -2.80. The van der Waals surface area contributed by atoms with Gasteiger partial charge in [-0.2, -0.15) is 0 Å².